The van der Waals surface area contributed by atoms with Crippen molar-refractivity contribution in [2.75, 3.05) is 0 Å². The van der Waals surface area contributed by atoms with Crippen molar-refractivity contribution in [3.8, 4) is 22.4 Å². The van der Waals surface area contributed by atoms with Gasteiger partial charge in [-0.25, -0.2) is 0 Å². The molecule has 3 heteroatoms. The van der Waals surface area contributed by atoms with Crippen LogP contribution in [0.3, 0.4) is 0 Å². The molecule has 4 aromatic rings. The monoisotopic (exact) mass is 363 g/mol. The van der Waals surface area contributed by atoms with Crippen LogP contribution in [0.4, 0.5) is 0 Å². The third-order valence-corrected chi connectivity index (χ3v) is 5.35. The van der Waals surface area contributed by atoms with Gasteiger partial charge >= 0.3 is 0 Å². The van der Waals surface area contributed by atoms with Gasteiger partial charge in [0.1, 0.15) is 0 Å². The molecule has 0 unspecified atom stereocenters. The van der Waals surface area contributed by atoms with Gasteiger partial charge in [-0.3, -0.25) is 14.2 Å². The van der Waals surface area contributed by atoms with E-state index in [4.69, 9.17) is 0 Å². The maximum Gasteiger partial charge on any atom is 0.263 e. The van der Waals surface area contributed by atoms with E-state index in [1.807, 2.05) is 91.9 Å². The number of benzene rings is 3. The van der Waals surface area contributed by atoms with E-state index in [0.29, 0.717) is 22.4 Å². The second-order valence-corrected chi connectivity index (χ2v) is 6.93. The third kappa shape index (κ3) is 2.23. The molecule has 0 amide bonds. The second-order valence-electron chi connectivity index (χ2n) is 6.93. The molecule has 1 aromatic heterocycles. The highest BCUT2D eigenvalue weighted by Crippen LogP contribution is 2.45. The molecule has 0 spiro atoms. The van der Waals surface area contributed by atoms with Crippen LogP contribution in [-0.2, 0) is 0 Å². The number of hydrogen-bond donors (Lipinski definition) is 0. The first-order valence-electron chi connectivity index (χ1n) is 9.23. The predicted molar refractivity (Wildman–Crippen MR) is 110 cm³/mol. The minimum Gasteiger partial charge on any atom is -0.289 e. The molecule has 2 heterocycles. The maximum absolute atomic E-state index is 13.5. The lowest BCUT2D eigenvalue weighted by molar-refractivity contribution is 0.0967. The first-order valence-corrected chi connectivity index (χ1v) is 9.23. The molecule has 0 saturated carbocycles. The summed E-state index contributed by atoms with van der Waals surface area (Å²) in [6.45, 7) is 1.86. The first-order chi connectivity index (χ1) is 13.7. The molecule has 1 aliphatic rings. The van der Waals surface area contributed by atoms with Crippen LogP contribution in [0.25, 0.3) is 22.4 Å². The molecule has 0 N–H and O–H groups in total. The summed E-state index contributed by atoms with van der Waals surface area (Å²) in [4.78, 5) is 26.6. The standard InChI is InChI=1S/C25H17NO2/c1-16-21(24(27)18-12-6-3-7-13-18)22(17-10-4-2-5-11-17)23-19-14-8-9-15-20(19)25(28)26(16)23/h2-15H,1H3. The first kappa shape index (κ1) is 16.5. The van der Waals surface area contributed by atoms with Crippen molar-refractivity contribution >= 4 is 11.7 Å². The molecule has 3 nitrogen and oxygen atoms in total. The number of aromatic nitrogens is 1. The van der Waals surface area contributed by atoms with Crippen molar-refractivity contribution in [1.82, 2.24) is 4.57 Å². The highest BCUT2D eigenvalue weighted by Gasteiger charge is 2.36. The minimum atomic E-state index is -0.0765. The van der Waals surface area contributed by atoms with E-state index in [9.17, 15) is 9.59 Å². The SMILES string of the molecule is Cc1c(C(=O)c2ccccc2)c(-c2ccccc2)c2n1C(=O)c1ccccc1-2. The molecule has 1 aliphatic heterocycles. The summed E-state index contributed by atoms with van der Waals surface area (Å²) in [5, 5.41) is 0. The van der Waals surface area contributed by atoms with Crippen molar-refractivity contribution in [3.05, 3.63) is 107 Å². The molecule has 0 atom stereocenters. The zero-order valence-corrected chi connectivity index (χ0v) is 15.3. The highest BCUT2D eigenvalue weighted by molar-refractivity contribution is 6.20. The Hall–Kier alpha value is -3.72. The fourth-order valence-electron chi connectivity index (χ4n) is 4.09. The summed E-state index contributed by atoms with van der Waals surface area (Å²) in [5.41, 5.74) is 6.02. The molecule has 28 heavy (non-hydrogen) atoms. The molecule has 0 saturated heterocycles. The Bertz CT molecular complexity index is 1230. The molecule has 0 aliphatic carbocycles. The summed E-state index contributed by atoms with van der Waals surface area (Å²) in [7, 11) is 0. The van der Waals surface area contributed by atoms with Crippen molar-refractivity contribution < 1.29 is 9.59 Å². The molecule has 0 fully saturated rings. The van der Waals surface area contributed by atoms with E-state index >= 15 is 0 Å². The average molecular weight is 363 g/mol. The largest absolute Gasteiger partial charge is 0.289 e. The van der Waals surface area contributed by atoms with Gasteiger partial charge in [0.25, 0.3) is 5.91 Å². The Morgan fingerprint density at radius 3 is 2.00 bits per heavy atom. The van der Waals surface area contributed by atoms with Gasteiger partial charge in [0, 0.05) is 27.9 Å². The Balaban J connectivity index is 1.87. The summed E-state index contributed by atoms with van der Waals surface area (Å²) >= 11 is 0. The third-order valence-electron chi connectivity index (χ3n) is 5.35. The number of ketones is 1. The zero-order valence-electron chi connectivity index (χ0n) is 15.3. The zero-order chi connectivity index (χ0) is 19.3. The van der Waals surface area contributed by atoms with Crippen LogP contribution in [-0.4, -0.2) is 16.3 Å². The molecule has 5 rings (SSSR count). The molecule has 0 radical (unpaired) electrons. The Labute approximate surface area is 162 Å². The summed E-state index contributed by atoms with van der Waals surface area (Å²) in [6, 6.07) is 26.7. The lowest BCUT2D eigenvalue weighted by Gasteiger charge is -2.09. The summed E-state index contributed by atoms with van der Waals surface area (Å²) < 4.78 is 1.70. The molecule has 134 valence electrons. The number of carbonyl (C=O) groups excluding carboxylic acids is 2. The van der Waals surface area contributed by atoms with Crippen LogP contribution in [0.2, 0.25) is 0 Å². The van der Waals surface area contributed by atoms with E-state index in [0.717, 1.165) is 22.4 Å². The van der Waals surface area contributed by atoms with Crippen LogP contribution >= 0.6 is 0 Å². The van der Waals surface area contributed by atoms with Crippen LogP contribution in [0.5, 0.6) is 0 Å². The minimum absolute atomic E-state index is 0.0656. The van der Waals surface area contributed by atoms with Gasteiger partial charge in [0.05, 0.1) is 11.3 Å². The van der Waals surface area contributed by atoms with Crippen molar-refractivity contribution in [2.24, 2.45) is 0 Å². The van der Waals surface area contributed by atoms with Crippen LogP contribution in [0, 0.1) is 6.92 Å². The highest BCUT2D eigenvalue weighted by atomic mass is 16.2. The lowest BCUT2D eigenvalue weighted by atomic mass is 9.92. The van der Waals surface area contributed by atoms with Crippen LogP contribution in [0.15, 0.2) is 84.9 Å². The van der Waals surface area contributed by atoms with E-state index in [2.05, 4.69) is 0 Å². The number of rotatable bonds is 3. The molecule has 0 bridgehead atoms. The Morgan fingerprint density at radius 2 is 1.32 bits per heavy atom. The predicted octanol–water partition coefficient (Wildman–Crippen LogP) is 5.36. The van der Waals surface area contributed by atoms with Gasteiger partial charge in [0.2, 0.25) is 0 Å². The van der Waals surface area contributed by atoms with Gasteiger partial charge in [-0.1, -0.05) is 78.9 Å². The van der Waals surface area contributed by atoms with E-state index in [1.54, 1.807) is 4.57 Å². The number of fused-ring (bicyclic) bond motifs is 3. The average Bonchev–Trinajstić information content (AvgIpc) is 3.22. The van der Waals surface area contributed by atoms with Gasteiger partial charge in [-0.15, -0.1) is 0 Å². The van der Waals surface area contributed by atoms with Crippen LogP contribution < -0.4 is 0 Å². The van der Waals surface area contributed by atoms with E-state index < -0.39 is 0 Å². The maximum atomic E-state index is 13.5. The van der Waals surface area contributed by atoms with Crippen molar-refractivity contribution in [3.63, 3.8) is 0 Å². The second kappa shape index (κ2) is 6.17. The Kier molecular flexibility index (Phi) is 3.63. The normalized spacial score (nSPS) is 12.0. The fraction of sp³-hybridized carbons (Fsp3) is 0.0400. The smallest absolute Gasteiger partial charge is 0.263 e. The topological polar surface area (TPSA) is 39.1 Å². The van der Waals surface area contributed by atoms with Crippen molar-refractivity contribution in [1.29, 1.82) is 0 Å². The van der Waals surface area contributed by atoms with Crippen LogP contribution in [0.1, 0.15) is 32.0 Å². The number of carbonyl (C=O) groups is 2. The van der Waals surface area contributed by atoms with Crippen molar-refractivity contribution in [2.45, 2.75) is 6.92 Å². The van der Waals surface area contributed by atoms with E-state index in [1.165, 1.54) is 0 Å². The lowest BCUT2D eigenvalue weighted by Crippen LogP contribution is -2.11. The molecular formula is C25H17NO2. The fourth-order valence-corrected chi connectivity index (χ4v) is 4.09. The van der Waals surface area contributed by atoms with Gasteiger partial charge in [-0.05, 0) is 18.6 Å². The van der Waals surface area contributed by atoms with E-state index in [-0.39, 0.29) is 11.7 Å². The van der Waals surface area contributed by atoms with Gasteiger partial charge < -0.3 is 0 Å². The number of nitrogens with zero attached hydrogens (tertiary/aromatic N) is 1. The van der Waals surface area contributed by atoms with Gasteiger partial charge in [0.15, 0.2) is 5.78 Å². The van der Waals surface area contributed by atoms with Gasteiger partial charge in [-0.2, -0.15) is 0 Å². The Morgan fingerprint density at radius 1 is 0.750 bits per heavy atom. The quantitative estimate of drug-likeness (QED) is 0.405. The molecule has 3 aromatic carbocycles. The summed E-state index contributed by atoms with van der Waals surface area (Å²) in [6.07, 6.45) is 0. The number of hydrogen-bond acceptors (Lipinski definition) is 2. The summed E-state index contributed by atoms with van der Waals surface area (Å²) in [5.74, 6) is -0.142. The molecular weight excluding hydrogens is 346 g/mol.